The second-order valence-electron chi connectivity index (χ2n) is 9.89. The van der Waals surface area contributed by atoms with Gasteiger partial charge in [0.1, 0.15) is 18.3 Å². The van der Waals surface area contributed by atoms with Crippen molar-refractivity contribution in [2.75, 3.05) is 30.5 Å². The lowest BCUT2D eigenvalue weighted by atomic mass is 10.1. The van der Waals surface area contributed by atoms with Crippen LogP contribution >= 0.6 is 0 Å². The standard InChI is InChI=1S/C31H39N3O5S/c1-5-39-28-16-18-29(19-17-28)40(37,38)34(27-14-10-7-11-15-27)23-30(35)33(21-20-26-12-8-6-9-13-26)25(4)31(36)32-22-24(2)3/h6-19,24-25H,5,20-23H2,1-4H3,(H,32,36)/t25-/m1/s1. The van der Waals surface area contributed by atoms with Crippen LogP contribution in [0.4, 0.5) is 5.69 Å². The van der Waals surface area contributed by atoms with Gasteiger partial charge in [-0.2, -0.15) is 0 Å². The first kappa shape index (κ1) is 30.7. The molecule has 0 aliphatic rings. The molecule has 3 rings (SSSR count). The lowest BCUT2D eigenvalue weighted by molar-refractivity contribution is -0.138. The van der Waals surface area contributed by atoms with Gasteiger partial charge in [0.25, 0.3) is 10.0 Å². The Morgan fingerprint density at radius 1 is 0.875 bits per heavy atom. The predicted molar refractivity (Wildman–Crippen MR) is 158 cm³/mol. The minimum atomic E-state index is -4.12. The van der Waals surface area contributed by atoms with Crippen molar-refractivity contribution in [3.05, 3.63) is 90.5 Å². The maximum atomic E-state index is 13.9. The zero-order chi connectivity index (χ0) is 29.1. The third kappa shape index (κ3) is 8.32. The molecule has 3 aromatic rings. The normalized spacial score (nSPS) is 12.0. The number of amides is 2. The van der Waals surface area contributed by atoms with E-state index in [-0.39, 0.29) is 23.3 Å². The molecule has 9 heteroatoms. The summed E-state index contributed by atoms with van der Waals surface area (Å²) in [4.78, 5) is 28.4. The fraction of sp³-hybridized carbons (Fsp3) is 0.355. The van der Waals surface area contributed by atoms with Crippen molar-refractivity contribution in [2.45, 2.75) is 45.1 Å². The highest BCUT2D eigenvalue weighted by Gasteiger charge is 2.32. The number of anilines is 1. The van der Waals surface area contributed by atoms with E-state index in [4.69, 9.17) is 4.74 Å². The van der Waals surface area contributed by atoms with Gasteiger partial charge in [0.15, 0.2) is 0 Å². The van der Waals surface area contributed by atoms with Crippen molar-refractivity contribution < 1.29 is 22.7 Å². The summed E-state index contributed by atoms with van der Waals surface area (Å²) in [5.41, 5.74) is 1.36. The Bertz CT molecular complexity index is 1330. The maximum absolute atomic E-state index is 13.9. The number of carbonyl (C=O) groups is 2. The summed E-state index contributed by atoms with van der Waals surface area (Å²) in [5.74, 6) is 0.0480. The SMILES string of the molecule is CCOc1ccc(S(=O)(=O)N(CC(=O)N(CCc2ccccc2)[C@H](C)C(=O)NCC(C)C)c2ccccc2)cc1. The molecule has 0 fully saturated rings. The number of rotatable bonds is 14. The summed E-state index contributed by atoms with van der Waals surface area (Å²) in [6.07, 6.45) is 0.519. The van der Waals surface area contributed by atoms with E-state index in [1.807, 2.05) is 51.1 Å². The van der Waals surface area contributed by atoms with Crippen molar-refractivity contribution >= 4 is 27.5 Å². The molecule has 0 aromatic heterocycles. The Hall–Kier alpha value is -3.85. The van der Waals surface area contributed by atoms with Crippen molar-refractivity contribution in [1.29, 1.82) is 0 Å². The molecular formula is C31H39N3O5S. The summed E-state index contributed by atoms with van der Waals surface area (Å²) in [6.45, 7) is 8.23. The second-order valence-corrected chi connectivity index (χ2v) is 11.8. The molecule has 0 radical (unpaired) electrons. The number of nitrogens with one attached hydrogen (secondary N) is 1. The van der Waals surface area contributed by atoms with E-state index in [1.165, 1.54) is 17.0 Å². The summed E-state index contributed by atoms with van der Waals surface area (Å²) in [6, 6.07) is 23.5. The Balaban J connectivity index is 1.93. The van der Waals surface area contributed by atoms with Crippen LogP contribution in [-0.2, 0) is 26.0 Å². The molecule has 2 amide bonds. The van der Waals surface area contributed by atoms with Gasteiger partial charge in [-0.25, -0.2) is 8.42 Å². The molecule has 0 aliphatic heterocycles. The molecule has 3 aromatic carbocycles. The third-order valence-corrected chi connectivity index (χ3v) is 8.17. The van der Waals surface area contributed by atoms with Gasteiger partial charge in [0.05, 0.1) is 17.2 Å². The molecule has 40 heavy (non-hydrogen) atoms. The van der Waals surface area contributed by atoms with Crippen LogP contribution in [0.3, 0.4) is 0 Å². The van der Waals surface area contributed by atoms with E-state index in [9.17, 15) is 18.0 Å². The minimum Gasteiger partial charge on any atom is -0.494 e. The number of ether oxygens (including phenoxy) is 1. The first-order valence-electron chi connectivity index (χ1n) is 13.5. The number of hydrogen-bond donors (Lipinski definition) is 1. The maximum Gasteiger partial charge on any atom is 0.264 e. The fourth-order valence-corrected chi connectivity index (χ4v) is 5.56. The number of sulfonamides is 1. The summed E-state index contributed by atoms with van der Waals surface area (Å²) in [7, 11) is -4.12. The number of benzene rings is 3. The summed E-state index contributed by atoms with van der Waals surface area (Å²) >= 11 is 0. The first-order chi connectivity index (χ1) is 19.1. The highest BCUT2D eigenvalue weighted by Crippen LogP contribution is 2.25. The molecular weight excluding hydrogens is 526 g/mol. The Kier molecular flexibility index (Phi) is 11.1. The Morgan fingerprint density at radius 2 is 1.48 bits per heavy atom. The molecule has 0 unspecified atom stereocenters. The molecule has 0 saturated heterocycles. The third-order valence-electron chi connectivity index (χ3n) is 6.38. The Morgan fingerprint density at radius 3 is 2.05 bits per heavy atom. The van der Waals surface area contributed by atoms with E-state index < -0.39 is 28.5 Å². The van der Waals surface area contributed by atoms with Crippen molar-refractivity contribution in [1.82, 2.24) is 10.2 Å². The molecule has 0 spiro atoms. The van der Waals surface area contributed by atoms with Crippen LogP contribution in [0.1, 0.15) is 33.3 Å². The number of nitrogens with zero attached hydrogens (tertiary/aromatic N) is 2. The molecule has 0 saturated carbocycles. The predicted octanol–water partition coefficient (Wildman–Crippen LogP) is 4.51. The molecule has 1 N–H and O–H groups in total. The molecule has 214 valence electrons. The second kappa shape index (κ2) is 14.5. The van der Waals surface area contributed by atoms with Gasteiger partial charge in [0.2, 0.25) is 11.8 Å². The highest BCUT2D eigenvalue weighted by atomic mass is 32.2. The smallest absolute Gasteiger partial charge is 0.264 e. The zero-order valence-electron chi connectivity index (χ0n) is 23.6. The monoisotopic (exact) mass is 565 g/mol. The summed E-state index contributed by atoms with van der Waals surface area (Å²) < 4.78 is 34.3. The van der Waals surface area contributed by atoms with E-state index in [2.05, 4.69) is 5.32 Å². The number of carbonyl (C=O) groups excluding carboxylic acids is 2. The topological polar surface area (TPSA) is 96.0 Å². The van der Waals surface area contributed by atoms with Crippen molar-refractivity contribution in [3.8, 4) is 5.75 Å². The molecule has 0 bridgehead atoms. The van der Waals surface area contributed by atoms with Gasteiger partial charge in [0, 0.05) is 13.1 Å². The molecule has 8 nitrogen and oxygen atoms in total. The van der Waals surface area contributed by atoms with Crippen LogP contribution in [0.5, 0.6) is 5.75 Å². The van der Waals surface area contributed by atoms with E-state index in [1.54, 1.807) is 49.4 Å². The lowest BCUT2D eigenvalue weighted by Gasteiger charge is -2.32. The summed E-state index contributed by atoms with van der Waals surface area (Å²) in [5, 5.41) is 2.90. The minimum absolute atomic E-state index is 0.0335. The Labute approximate surface area is 238 Å². The van der Waals surface area contributed by atoms with Gasteiger partial charge >= 0.3 is 0 Å². The average Bonchev–Trinajstić information content (AvgIpc) is 2.96. The van der Waals surface area contributed by atoms with Gasteiger partial charge in [-0.3, -0.25) is 13.9 Å². The van der Waals surface area contributed by atoms with Crippen LogP contribution in [0, 0.1) is 5.92 Å². The lowest BCUT2D eigenvalue weighted by Crippen LogP contribution is -2.52. The largest absolute Gasteiger partial charge is 0.494 e. The van der Waals surface area contributed by atoms with Crippen LogP contribution in [-0.4, -0.2) is 57.4 Å². The molecule has 0 aliphatic carbocycles. The molecule has 1 atom stereocenters. The van der Waals surface area contributed by atoms with Gasteiger partial charge in [-0.1, -0.05) is 62.4 Å². The molecule has 0 heterocycles. The van der Waals surface area contributed by atoms with E-state index in [0.717, 1.165) is 9.87 Å². The zero-order valence-corrected chi connectivity index (χ0v) is 24.4. The van der Waals surface area contributed by atoms with Gasteiger partial charge in [-0.15, -0.1) is 0 Å². The van der Waals surface area contributed by atoms with Crippen molar-refractivity contribution in [2.24, 2.45) is 5.92 Å². The van der Waals surface area contributed by atoms with Crippen molar-refractivity contribution in [3.63, 3.8) is 0 Å². The van der Waals surface area contributed by atoms with Crippen LogP contribution < -0.4 is 14.4 Å². The quantitative estimate of drug-likeness (QED) is 0.310. The number of para-hydroxylation sites is 1. The van der Waals surface area contributed by atoms with Crippen LogP contribution in [0.25, 0.3) is 0 Å². The van der Waals surface area contributed by atoms with E-state index in [0.29, 0.717) is 31.0 Å². The van der Waals surface area contributed by atoms with Crippen LogP contribution in [0.2, 0.25) is 0 Å². The van der Waals surface area contributed by atoms with Gasteiger partial charge in [-0.05, 0) is 68.1 Å². The number of hydrogen-bond acceptors (Lipinski definition) is 5. The van der Waals surface area contributed by atoms with Crippen LogP contribution in [0.15, 0.2) is 89.8 Å². The highest BCUT2D eigenvalue weighted by molar-refractivity contribution is 7.92. The average molecular weight is 566 g/mol. The fourth-order valence-electron chi connectivity index (χ4n) is 4.15. The van der Waals surface area contributed by atoms with E-state index >= 15 is 0 Å². The van der Waals surface area contributed by atoms with Gasteiger partial charge < -0.3 is 15.0 Å². The first-order valence-corrected chi connectivity index (χ1v) is 15.0.